The number of nitrogens with one attached hydrogen (secondary N) is 1. The molecule has 114 valence electrons. The number of furan rings is 1. The van der Waals surface area contributed by atoms with Crippen LogP contribution in [0.4, 0.5) is 0 Å². The molecule has 0 aliphatic heterocycles. The van der Waals surface area contributed by atoms with Crippen LogP contribution in [0.25, 0.3) is 0 Å². The third-order valence-corrected chi connectivity index (χ3v) is 5.33. The molecule has 0 aliphatic rings. The summed E-state index contributed by atoms with van der Waals surface area (Å²) in [6.07, 6.45) is 0. The Labute approximate surface area is 126 Å². The van der Waals surface area contributed by atoms with Crippen LogP contribution in [0.2, 0.25) is 0 Å². The topological polar surface area (TPSA) is 96.6 Å². The smallest absolute Gasteiger partial charge is 0.371 e. The summed E-state index contributed by atoms with van der Waals surface area (Å²) in [5.41, 5.74) is 0.895. The highest BCUT2D eigenvalue weighted by Crippen LogP contribution is 2.27. The number of hydrogen-bond acceptors (Lipinski definition) is 5. The predicted octanol–water partition coefficient (Wildman–Crippen LogP) is 2.70. The second-order valence-electron chi connectivity index (χ2n) is 4.64. The van der Waals surface area contributed by atoms with E-state index in [9.17, 15) is 13.2 Å². The van der Waals surface area contributed by atoms with Gasteiger partial charge in [0.2, 0.25) is 10.9 Å². The van der Waals surface area contributed by atoms with Crippen molar-refractivity contribution in [2.24, 2.45) is 0 Å². The van der Waals surface area contributed by atoms with Gasteiger partial charge in [0.25, 0.3) is 10.0 Å². The molecular weight excluding hydrogens is 314 g/mol. The average Bonchev–Trinajstić information content (AvgIpc) is 2.95. The molecule has 0 amide bonds. The Morgan fingerprint density at radius 1 is 1.38 bits per heavy atom. The van der Waals surface area contributed by atoms with Gasteiger partial charge in [0.1, 0.15) is 0 Å². The van der Waals surface area contributed by atoms with Crippen molar-refractivity contribution in [2.75, 3.05) is 0 Å². The molecule has 0 saturated heterocycles. The van der Waals surface area contributed by atoms with Gasteiger partial charge in [-0.2, -0.15) is 0 Å². The van der Waals surface area contributed by atoms with Crippen LogP contribution in [0.15, 0.2) is 27.7 Å². The number of carbonyl (C=O) groups is 1. The molecule has 1 atom stereocenters. The highest BCUT2D eigenvalue weighted by Gasteiger charge is 2.24. The molecule has 0 fully saturated rings. The van der Waals surface area contributed by atoms with Gasteiger partial charge in [-0.1, -0.05) is 0 Å². The van der Waals surface area contributed by atoms with Crippen molar-refractivity contribution in [3.05, 3.63) is 39.3 Å². The summed E-state index contributed by atoms with van der Waals surface area (Å²) in [6.45, 7) is 5.61. The zero-order valence-electron chi connectivity index (χ0n) is 11.7. The summed E-state index contributed by atoms with van der Waals surface area (Å²) < 4.78 is 31.7. The molecule has 2 aromatic heterocycles. The molecular formula is C13H15NO5S2. The molecule has 2 rings (SSSR count). The van der Waals surface area contributed by atoms with Gasteiger partial charge in [0.15, 0.2) is 0 Å². The van der Waals surface area contributed by atoms with Crippen molar-refractivity contribution in [3.63, 3.8) is 0 Å². The third-order valence-electron chi connectivity index (χ3n) is 2.93. The maximum atomic E-state index is 12.2. The zero-order valence-corrected chi connectivity index (χ0v) is 13.3. The van der Waals surface area contributed by atoms with E-state index in [4.69, 9.17) is 9.52 Å². The molecule has 0 aliphatic carbocycles. The number of hydrogen-bond donors (Lipinski definition) is 2. The van der Waals surface area contributed by atoms with Crippen LogP contribution in [-0.4, -0.2) is 19.5 Å². The minimum Gasteiger partial charge on any atom is -0.475 e. The van der Waals surface area contributed by atoms with E-state index in [1.165, 1.54) is 0 Å². The van der Waals surface area contributed by atoms with Crippen LogP contribution in [0, 0.1) is 13.8 Å². The molecule has 1 unspecified atom stereocenters. The van der Waals surface area contributed by atoms with Crippen molar-refractivity contribution in [2.45, 2.75) is 31.9 Å². The average molecular weight is 329 g/mol. The molecule has 0 bridgehead atoms. The largest absolute Gasteiger partial charge is 0.475 e. The first-order chi connectivity index (χ1) is 9.70. The quantitative estimate of drug-likeness (QED) is 0.879. The second-order valence-corrected chi connectivity index (χ2v) is 7.74. The Morgan fingerprint density at radius 3 is 2.52 bits per heavy atom. The summed E-state index contributed by atoms with van der Waals surface area (Å²) in [4.78, 5) is 12.9. The lowest BCUT2D eigenvalue weighted by atomic mass is 10.1. The van der Waals surface area contributed by atoms with Gasteiger partial charge >= 0.3 is 5.97 Å². The summed E-state index contributed by atoms with van der Waals surface area (Å²) in [5, 5.41) is 8.35. The fourth-order valence-corrected chi connectivity index (χ4v) is 4.19. The van der Waals surface area contributed by atoms with Crippen LogP contribution in [-0.2, 0) is 10.0 Å². The molecule has 6 nitrogen and oxygen atoms in total. The minimum absolute atomic E-state index is 0.406. The van der Waals surface area contributed by atoms with Gasteiger partial charge in [-0.3, -0.25) is 0 Å². The van der Waals surface area contributed by atoms with Gasteiger partial charge in [0, 0.05) is 15.8 Å². The van der Waals surface area contributed by atoms with E-state index in [2.05, 4.69) is 4.72 Å². The second kappa shape index (κ2) is 5.63. The van der Waals surface area contributed by atoms with Crippen LogP contribution < -0.4 is 4.72 Å². The lowest BCUT2D eigenvalue weighted by Gasteiger charge is -2.12. The molecule has 8 heteroatoms. The maximum absolute atomic E-state index is 12.2. The fourth-order valence-electron chi connectivity index (χ4n) is 2.01. The fraction of sp³-hybridized carbons (Fsp3) is 0.308. The number of thiophene rings is 1. The minimum atomic E-state index is -3.90. The molecule has 2 heterocycles. The number of aromatic carboxylic acids is 1. The van der Waals surface area contributed by atoms with Crippen LogP contribution in [0.1, 0.15) is 38.8 Å². The Balaban J connectivity index is 2.24. The Hall–Kier alpha value is -1.64. The number of sulfonamides is 1. The van der Waals surface area contributed by atoms with Crippen molar-refractivity contribution in [1.29, 1.82) is 0 Å². The van der Waals surface area contributed by atoms with E-state index < -0.39 is 32.9 Å². The molecule has 2 aromatic rings. The summed E-state index contributed by atoms with van der Waals surface area (Å²) in [7, 11) is -3.90. The van der Waals surface area contributed by atoms with Crippen LogP contribution in [0.3, 0.4) is 0 Å². The first kappa shape index (κ1) is 15.7. The number of aryl methyl sites for hydroxylation is 2. The number of carboxylic acid groups (broad SMARTS) is 1. The summed E-state index contributed by atoms with van der Waals surface area (Å²) >= 11 is 1.59. The summed E-state index contributed by atoms with van der Waals surface area (Å²) in [5.74, 6) is -1.72. The van der Waals surface area contributed by atoms with E-state index in [1.54, 1.807) is 18.3 Å². The molecule has 0 saturated carbocycles. The lowest BCUT2D eigenvalue weighted by Crippen LogP contribution is -2.26. The van der Waals surface area contributed by atoms with Crippen molar-refractivity contribution in [1.82, 2.24) is 4.72 Å². The van der Waals surface area contributed by atoms with Gasteiger partial charge in [-0.05, 0) is 44.5 Å². The molecule has 2 N–H and O–H groups in total. The molecule has 0 spiro atoms. The zero-order chi connectivity index (χ0) is 15.8. The highest BCUT2D eigenvalue weighted by atomic mass is 32.2. The Kier molecular flexibility index (Phi) is 4.22. The first-order valence-corrected chi connectivity index (χ1v) is 8.43. The van der Waals surface area contributed by atoms with E-state index in [0.29, 0.717) is 0 Å². The van der Waals surface area contributed by atoms with Crippen molar-refractivity contribution in [3.8, 4) is 0 Å². The van der Waals surface area contributed by atoms with Gasteiger partial charge < -0.3 is 9.52 Å². The molecule has 21 heavy (non-hydrogen) atoms. The number of rotatable bonds is 5. The van der Waals surface area contributed by atoms with E-state index >= 15 is 0 Å². The normalized spacial score (nSPS) is 13.3. The Bertz CT molecular complexity index is 772. The van der Waals surface area contributed by atoms with Crippen molar-refractivity contribution < 1.29 is 22.7 Å². The SMILES string of the molecule is Cc1cc(C(C)NS(=O)(=O)c2ccc(C(=O)O)o2)c(C)s1. The van der Waals surface area contributed by atoms with E-state index in [0.717, 1.165) is 27.5 Å². The monoisotopic (exact) mass is 329 g/mol. The Morgan fingerprint density at radius 2 is 2.05 bits per heavy atom. The number of carboxylic acids is 1. The third kappa shape index (κ3) is 3.34. The standard InChI is InChI=1S/C13H15NO5S2/c1-7-6-10(9(3)20-7)8(2)14-21(17,18)12-5-4-11(19-12)13(15)16/h4-6,8,14H,1-3H3,(H,15,16). The van der Waals surface area contributed by atoms with Crippen LogP contribution in [0.5, 0.6) is 0 Å². The highest BCUT2D eigenvalue weighted by molar-refractivity contribution is 7.89. The van der Waals surface area contributed by atoms with E-state index in [-0.39, 0.29) is 0 Å². The van der Waals surface area contributed by atoms with Crippen LogP contribution >= 0.6 is 11.3 Å². The van der Waals surface area contributed by atoms with Gasteiger partial charge in [-0.15, -0.1) is 11.3 Å². The lowest BCUT2D eigenvalue weighted by molar-refractivity contribution is 0.0656. The van der Waals surface area contributed by atoms with Gasteiger partial charge in [0.05, 0.1) is 0 Å². The molecule has 0 aromatic carbocycles. The van der Waals surface area contributed by atoms with E-state index in [1.807, 2.05) is 19.9 Å². The van der Waals surface area contributed by atoms with Crippen molar-refractivity contribution >= 4 is 27.3 Å². The van der Waals surface area contributed by atoms with Gasteiger partial charge in [-0.25, -0.2) is 17.9 Å². The maximum Gasteiger partial charge on any atom is 0.371 e. The summed E-state index contributed by atoms with van der Waals surface area (Å²) in [6, 6.07) is 3.74. The first-order valence-electron chi connectivity index (χ1n) is 6.13. The predicted molar refractivity (Wildman–Crippen MR) is 78.2 cm³/mol. The molecule has 0 radical (unpaired) electrons.